The van der Waals surface area contributed by atoms with Gasteiger partial charge < -0.3 is 10.1 Å². The minimum atomic E-state index is -0.0618. The Morgan fingerprint density at radius 2 is 2.44 bits per heavy atom. The van der Waals surface area contributed by atoms with Crippen molar-refractivity contribution < 1.29 is 9.53 Å². The zero-order chi connectivity index (χ0) is 12.0. The van der Waals surface area contributed by atoms with Crippen LogP contribution in [0.25, 0.3) is 0 Å². The molecule has 1 amide bonds. The normalized spacial score (nSPS) is 12.2. The molecule has 90 valence electrons. The number of thiophene rings is 1. The number of nitrogens with one attached hydrogen (secondary N) is 1. The third kappa shape index (κ3) is 4.02. The summed E-state index contributed by atoms with van der Waals surface area (Å²) in [6, 6.07) is 1.73. The van der Waals surface area contributed by atoms with Crippen molar-refractivity contribution in [3.05, 3.63) is 16.3 Å². The Kier molecular flexibility index (Phi) is 5.63. The minimum Gasteiger partial charge on any atom is -0.496 e. The first-order chi connectivity index (χ1) is 7.67. The Bertz CT molecular complexity index is 340. The van der Waals surface area contributed by atoms with Gasteiger partial charge in [0.05, 0.1) is 12.0 Å². The van der Waals surface area contributed by atoms with Crippen molar-refractivity contribution in [2.75, 3.05) is 13.7 Å². The van der Waals surface area contributed by atoms with Crippen LogP contribution in [0.3, 0.4) is 0 Å². The molecule has 0 radical (unpaired) electrons. The van der Waals surface area contributed by atoms with Gasteiger partial charge in [-0.15, -0.1) is 22.9 Å². The number of carbonyl (C=O) groups is 1. The largest absolute Gasteiger partial charge is 0.496 e. The summed E-state index contributed by atoms with van der Waals surface area (Å²) >= 11 is 7.33. The molecule has 0 saturated carbocycles. The first-order valence-corrected chi connectivity index (χ1v) is 6.53. The van der Waals surface area contributed by atoms with Gasteiger partial charge in [0.25, 0.3) is 5.91 Å². The molecule has 16 heavy (non-hydrogen) atoms. The van der Waals surface area contributed by atoms with E-state index in [1.165, 1.54) is 11.3 Å². The topological polar surface area (TPSA) is 38.3 Å². The molecule has 0 spiro atoms. The lowest BCUT2D eigenvalue weighted by molar-refractivity contribution is 0.0957. The predicted octanol–water partition coefficient (Wildman–Crippen LogP) is 2.89. The van der Waals surface area contributed by atoms with Gasteiger partial charge in [0.1, 0.15) is 5.75 Å². The first kappa shape index (κ1) is 13.3. The van der Waals surface area contributed by atoms with Crippen LogP contribution in [0.15, 0.2) is 11.4 Å². The minimum absolute atomic E-state index is 0.0618. The van der Waals surface area contributed by atoms with E-state index in [1.54, 1.807) is 13.2 Å². The van der Waals surface area contributed by atoms with Crippen LogP contribution in [0.2, 0.25) is 0 Å². The van der Waals surface area contributed by atoms with Crippen LogP contribution < -0.4 is 10.1 Å². The number of hydrogen-bond acceptors (Lipinski definition) is 3. The molecule has 3 nitrogen and oxygen atoms in total. The number of rotatable bonds is 6. The lowest BCUT2D eigenvalue weighted by atomic mass is 10.2. The summed E-state index contributed by atoms with van der Waals surface area (Å²) in [5, 5.41) is 4.78. The molecule has 1 atom stereocenters. The van der Waals surface area contributed by atoms with Crippen molar-refractivity contribution in [1.29, 1.82) is 0 Å². The second kappa shape index (κ2) is 6.76. The number of methoxy groups -OCH3 is 1. The quantitative estimate of drug-likeness (QED) is 0.800. The summed E-state index contributed by atoms with van der Waals surface area (Å²) in [5.41, 5.74) is 0. The highest BCUT2D eigenvalue weighted by molar-refractivity contribution is 7.12. The van der Waals surface area contributed by atoms with E-state index in [2.05, 4.69) is 5.32 Å². The van der Waals surface area contributed by atoms with Crippen molar-refractivity contribution in [3.63, 3.8) is 0 Å². The van der Waals surface area contributed by atoms with Crippen LogP contribution in [0.4, 0.5) is 0 Å². The molecular formula is C11H16ClNO2S. The molecule has 0 fully saturated rings. The van der Waals surface area contributed by atoms with Crippen LogP contribution in [-0.4, -0.2) is 24.9 Å². The van der Waals surface area contributed by atoms with Gasteiger partial charge in [-0.3, -0.25) is 4.79 Å². The van der Waals surface area contributed by atoms with Crippen molar-refractivity contribution in [1.82, 2.24) is 5.32 Å². The molecule has 0 saturated heterocycles. The van der Waals surface area contributed by atoms with Gasteiger partial charge in [-0.25, -0.2) is 0 Å². The van der Waals surface area contributed by atoms with E-state index in [4.69, 9.17) is 16.3 Å². The van der Waals surface area contributed by atoms with Gasteiger partial charge in [0.2, 0.25) is 0 Å². The maximum atomic E-state index is 11.6. The smallest absolute Gasteiger partial charge is 0.261 e. The molecule has 0 aliphatic rings. The Morgan fingerprint density at radius 1 is 1.69 bits per heavy atom. The highest BCUT2D eigenvalue weighted by Gasteiger charge is 2.09. The van der Waals surface area contributed by atoms with Crippen LogP contribution in [0.5, 0.6) is 5.75 Å². The lowest BCUT2D eigenvalue weighted by Crippen LogP contribution is -2.25. The van der Waals surface area contributed by atoms with E-state index in [0.717, 1.165) is 18.6 Å². The monoisotopic (exact) mass is 261 g/mol. The Labute approximate surface area is 105 Å². The van der Waals surface area contributed by atoms with Gasteiger partial charge >= 0.3 is 0 Å². The van der Waals surface area contributed by atoms with Gasteiger partial charge in [-0.05, 0) is 12.8 Å². The molecule has 1 N–H and O–H groups in total. The molecule has 0 bridgehead atoms. The summed E-state index contributed by atoms with van der Waals surface area (Å²) in [6.07, 6.45) is 1.72. The highest BCUT2D eigenvalue weighted by atomic mass is 35.5. The fourth-order valence-corrected chi connectivity index (χ4v) is 2.06. The number of alkyl halides is 1. The molecular weight excluding hydrogens is 246 g/mol. The standard InChI is InChI=1S/C11H16ClNO2S/c1-3-8(12)4-5-13-11(14)10-6-9(15-2)7-16-10/h6-8H,3-5H2,1-2H3,(H,13,14). The first-order valence-electron chi connectivity index (χ1n) is 5.22. The van der Waals surface area contributed by atoms with E-state index >= 15 is 0 Å². The third-order valence-corrected chi connectivity index (χ3v) is 3.66. The van der Waals surface area contributed by atoms with Crippen molar-refractivity contribution in [3.8, 4) is 5.75 Å². The molecule has 1 aromatic rings. The second-order valence-electron chi connectivity index (χ2n) is 3.40. The van der Waals surface area contributed by atoms with Crippen LogP contribution in [0, 0.1) is 0 Å². The van der Waals surface area contributed by atoms with Crippen molar-refractivity contribution >= 4 is 28.8 Å². The number of amides is 1. The van der Waals surface area contributed by atoms with Crippen molar-refractivity contribution in [2.24, 2.45) is 0 Å². The molecule has 5 heteroatoms. The maximum Gasteiger partial charge on any atom is 0.261 e. The fraction of sp³-hybridized carbons (Fsp3) is 0.545. The number of ether oxygens (including phenoxy) is 1. The van der Waals surface area contributed by atoms with Crippen LogP contribution in [-0.2, 0) is 0 Å². The van der Waals surface area contributed by atoms with Crippen LogP contribution in [0.1, 0.15) is 29.4 Å². The zero-order valence-corrected chi connectivity index (χ0v) is 11.0. The molecule has 1 rings (SSSR count). The van der Waals surface area contributed by atoms with Gasteiger partial charge in [-0.2, -0.15) is 0 Å². The Hall–Kier alpha value is -0.740. The van der Waals surface area contributed by atoms with E-state index < -0.39 is 0 Å². The zero-order valence-electron chi connectivity index (χ0n) is 9.46. The van der Waals surface area contributed by atoms with Gasteiger partial charge in [-0.1, -0.05) is 6.92 Å². The second-order valence-corrected chi connectivity index (χ2v) is 4.93. The van der Waals surface area contributed by atoms with E-state index in [0.29, 0.717) is 11.4 Å². The summed E-state index contributed by atoms with van der Waals surface area (Å²) in [4.78, 5) is 12.3. The molecule has 0 aromatic carbocycles. The third-order valence-electron chi connectivity index (χ3n) is 2.22. The lowest BCUT2D eigenvalue weighted by Gasteiger charge is -2.06. The molecule has 0 aliphatic heterocycles. The molecule has 1 unspecified atom stereocenters. The summed E-state index contributed by atoms with van der Waals surface area (Å²) in [5.74, 6) is 0.659. The summed E-state index contributed by atoms with van der Waals surface area (Å²) in [7, 11) is 1.59. The average Bonchev–Trinajstić information content (AvgIpc) is 2.77. The van der Waals surface area contributed by atoms with E-state index in [-0.39, 0.29) is 11.3 Å². The predicted molar refractivity (Wildman–Crippen MR) is 67.8 cm³/mol. The van der Waals surface area contributed by atoms with E-state index in [1.807, 2.05) is 12.3 Å². The number of carbonyl (C=O) groups excluding carboxylic acids is 1. The fourth-order valence-electron chi connectivity index (χ4n) is 1.18. The SMILES string of the molecule is CCC(Cl)CCNC(=O)c1cc(OC)cs1. The van der Waals surface area contributed by atoms with Crippen molar-refractivity contribution in [2.45, 2.75) is 25.1 Å². The number of halogens is 1. The molecule has 1 aromatic heterocycles. The highest BCUT2D eigenvalue weighted by Crippen LogP contribution is 2.20. The average molecular weight is 262 g/mol. The number of hydrogen-bond donors (Lipinski definition) is 1. The maximum absolute atomic E-state index is 11.6. The summed E-state index contributed by atoms with van der Waals surface area (Å²) in [6.45, 7) is 2.64. The van der Waals surface area contributed by atoms with Gasteiger partial charge in [0.15, 0.2) is 0 Å². The van der Waals surface area contributed by atoms with Gasteiger partial charge in [0, 0.05) is 23.4 Å². The Morgan fingerprint density at radius 3 is 3.00 bits per heavy atom. The van der Waals surface area contributed by atoms with E-state index in [9.17, 15) is 4.79 Å². The molecule has 1 heterocycles. The van der Waals surface area contributed by atoms with Crippen LogP contribution >= 0.6 is 22.9 Å². The summed E-state index contributed by atoms with van der Waals surface area (Å²) < 4.78 is 5.01. The Balaban J connectivity index is 2.35. The molecule has 0 aliphatic carbocycles.